The van der Waals surface area contributed by atoms with E-state index >= 15 is 0 Å². The lowest BCUT2D eigenvalue weighted by molar-refractivity contribution is -0.140. The zero-order valence-electron chi connectivity index (χ0n) is 30.9. The molecule has 4 N–H and O–H groups in total. The number of carbonyl (C=O) groups excluding carboxylic acids is 5. The van der Waals surface area contributed by atoms with Gasteiger partial charge in [0, 0.05) is 42.7 Å². The van der Waals surface area contributed by atoms with Crippen LogP contribution in [0.3, 0.4) is 0 Å². The van der Waals surface area contributed by atoms with Crippen LogP contribution in [-0.2, 0) is 47.0 Å². The van der Waals surface area contributed by atoms with Gasteiger partial charge in [-0.05, 0) is 81.3 Å². The van der Waals surface area contributed by atoms with Crippen LogP contribution in [0.25, 0.3) is 0 Å². The second-order valence-corrected chi connectivity index (χ2v) is 17.9. The molecular weight excluding hydrogens is 732 g/mol. The van der Waals surface area contributed by atoms with E-state index in [1.807, 2.05) is 12.2 Å². The highest BCUT2D eigenvalue weighted by Gasteiger charge is 2.63. The fraction of sp³-hybridized carbons (Fsp3) is 0.513. The molecule has 0 aromatic heterocycles. The Morgan fingerprint density at radius 1 is 1.00 bits per heavy atom. The van der Waals surface area contributed by atoms with E-state index in [2.05, 4.69) is 20.7 Å². The topological polar surface area (TPSA) is 183 Å². The van der Waals surface area contributed by atoms with Gasteiger partial charge in [0.05, 0.1) is 17.8 Å². The summed E-state index contributed by atoms with van der Waals surface area (Å²) in [5.41, 5.74) is 0.716. The van der Waals surface area contributed by atoms with Crippen molar-refractivity contribution in [3.63, 3.8) is 0 Å². The van der Waals surface area contributed by atoms with Gasteiger partial charge in [-0.3, -0.25) is 28.8 Å². The number of amides is 5. The number of rotatable bonds is 7. The number of allylic oxidation sites excluding steroid dienone is 1. The zero-order chi connectivity index (χ0) is 39.1. The van der Waals surface area contributed by atoms with Gasteiger partial charge in [0.25, 0.3) is 5.91 Å². The van der Waals surface area contributed by atoms with Crippen LogP contribution >= 0.6 is 0 Å². The average Bonchev–Trinajstić information content (AvgIpc) is 3.93. The van der Waals surface area contributed by atoms with Crippen LogP contribution in [0.4, 0.5) is 20.6 Å². The highest BCUT2D eigenvalue weighted by atomic mass is 32.2. The Labute approximate surface area is 319 Å². The van der Waals surface area contributed by atoms with Crippen LogP contribution in [0.2, 0.25) is 0 Å². The van der Waals surface area contributed by atoms with Gasteiger partial charge in [0.2, 0.25) is 27.7 Å². The number of ether oxygens (including phenoxy) is 1. The first-order valence-electron chi connectivity index (χ1n) is 18.9. The van der Waals surface area contributed by atoms with Gasteiger partial charge in [-0.25, -0.2) is 17.6 Å². The molecule has 2 saturated carbocycles. The summed E-state index contributed by atoms with van der Waals surface area (Å²) in [6.07, 6.45) is 6.52. The predicted octanol–water partition coefficient (Wildman–Crippen LogP) is 4.08. The number of hydrogen-bond acceptors (Lipinski definition) is 9. The van der Waals surface area contributed by atoms with Gasteiger partial charge in [-0.2, -0.15) is 0 Å². The van der Waals surface area contributed by atoms with E-state index in [1.54, 1.807) is 43.3 Å². The van der Waals surface area contributed by atoms with Crippen molar-refractivity contribution in [2.45, 2.75) is 113 Å². The highest BCUT2D eigenvalue weighted by Crippen LogP contribution is 2.47. The minimum Gasteiger partial charge on any atom is -0.444 e. The van der Waals surface area contributed by atoms with Gasteiger partial charge >= 0.3 is 6.09 Å². The molecule has 3 aliphatic heterocycles. The van der Waals surface area contributed by atoms with Gasteiger partial charge in [0.15, 0.2) is 0 Å². The van der Waals surface area contributed by atoms with Crippen molar-refractivity contribution in [2.75, 3.05) is 17.2 Å². The maximum Gasteiger partial charge on any atom is 0.410 e. The average molecular weight is 779 g/mol. The number of carbonyl (C=O) groups is 5. The summed E-state index contributed by atoms with van der Waals surface area (Å²) in [6.45, 7) is 3.02. The number of nitrogens with zero attached hydrogens (tertiary/aromatic N) is 2. The summed E-state index contributed by atoms with van der Waals surface area (Å²) in [7, 11) is -4.01. The Morgan fingerprint density at radius 3 is 2.45 bits per heavy atom. The van der Waals surface area contributed by atoms with Gasteiger partial charge in [0.1, 0.15) is 29.5 Å². The molecule has 5 aliphatic rings. The van der Waals surface area contributed by atoms with E-state index in [4.69, 9.17) is 4.74 Å². The lowest BCUT2D eigenvalue weighted by Gasteiger charge is -2.30. The molecule has 2 aromatic carbocycles. The predicted molar refractivity (Wildman–Crippen MR) is 200 cm³/mol. The molecule has 294 valence electrons. The quantitative estimate of drug-likeness (QED) is 0.301. The summed E-state index contributed by atoms with van der Waals surface area (Å²) >= 11 is 0. The summed E-state index contributed by atoms with van der Waals surface area (Å²) in [5, 5.41) is 8.87. The number of anilines is 2. The molecule has 0 radical (unpaired) electrons. The standard InChI is InChI=1S/C39H47FN6O8S/c1-24(47)41-27-13-15-28(16-14-27)42-32-12-7-5-3-4-6-10-26-20-39(26,36(50)44-55(52,53)38(2)17-18-38)43-34(48)33-19-29(22-46(33)35(32)49)54-37(51)45-21-25-9-8-11-31(40)30(25)23-45/h6,8-11,13-16,26,29,32-33,42H,3-5,7,12,17-23H2,1-2H3,(H,41,47)(H,43,48)(H,44,50)/b10-6-/t26-,29-,32+,33+,39-/m1/s1. The van der Waals surface area contributed by atoms with Crippen molar-refractivity contribution in [3.8, 4) is 0 Å². The highest BCUT2D eigenvalue weighted by molar-refractivity contribution is 7.91. The summed E-state index contributed by atoms with van der Waals surface area (Å²) in [4.78, 5) is 70.5. The summed E-state index contributed by atoms with van der Waals surface area (Å²) in [6, 6.07) is 9.58. The first-order chi connectivity index (χ1) is 26.2. The molecule has 3 fully saturated rings. The third kappa shape index (κ3) is 8.05. The molecule has 2 aliphatic carbocycles. The number of halogens is 1. The molecule has 5 amide bonds. The van der Waals surface area contributed by atoms with E-state index in [-0.39, 0.29) is 38.4 Å². The van der Waals surface area contributed by atoms with Crippen LogP contribution in [0.5, 0.6) is 0 Å². The molecule has 0 spiro atoms. The van der Waals surface area contributed by atoms with Crippen molar-refractivity contribution >= 4 is 51.1 Å². The molecule has 2 aromatic rings. The lowest BCUT2D eigenvalue weighted by atomic mass is 10.0. The Kier molecular flexibility index (Phi) is 10.4. The SMILES string of the molecule is CC(=O)Nc1ccc(N[C@H]2CCCCC/C=C\[C@@H]3C[C@@]3(C(=O)NS(=O)(=O)C3(C)CC3)NC(=O)[C@@H]3C[C@@H](OC(=O)N4Cc5cccc(F)c5C4)CN3C2=O)cc1. The number of hydrogen-bond donors (Lipinski definition) is 4. The number of nitrogens with one attached hydrogen (secondary N) is 4. The molecule has 16 heteroatoms. The molecule has 55 heavy (non-hydrogen) atoms. The fourth-order valence-corrected chi connectivity index (χ4v) is 9.04. The number of fused-ring (bicyclic) bond motifs is 3. The second kappa shape index (κ2) is 14.9. The van der Waals surface area contributed by atoms with Crippen LogP contribution in [0.15, 0.2) is 54.6 Å². The molecule has 0 unspecified atom stereocenters. The van der Waals surface area contributed by atoms with E-state index in [0.29, 0.717) is 54.6 Å². The molecule has 7 rings (SSSR count). The maximum atomic E-state index is 14.6. The first kappa shape index (κ1) is 38.3. The van der Waals surface area contributed by atoms with E-state index in [9.17, 15) is 36.8 Å². The van der Waals surface area contributed by atoms with Crippen LogP contribution in [0.1, 0.15) is 82.8 Å². The molecule has 5 atom stereocenters. The van der Waals surface area contributed by atoms with Gasteiger partial charge in [-0.15, -0.1) is 0 Å². The van der Waals surface area contributed by atoms with E-state index in [1.165, 1.54) is 22.8 Å². The third-order valence-corrected chi connectivity index (χ3v) is 13.6. The summed E-state index contributed by atoms with van der Waals surface area (Å²) < 4.78 is 47.8. The Morgan fingerprint density at radius 2 is 1.75 bits per heavy atom. The second-order valence-electron chi connectivity index (χ2n) is 15.7. The Balaban J connectivity index is 1.15. The molecule has 14 nitrogen and oxygen atoms in total. The number of sulfonamides is 1. The van der Waals surface area contributed by atoms with Crippen LogP contribution in [0, 0.1) is 11.7 Å². The van der Waals surface area contributed by atoms with E-state index < -0.39 is 74.0 Å². The normalized spacial score (nSPS) is 27.9. The van der Waals surface area contributed by atoms with Crippen molar-refractivity contribution in [1.82, 2.24) is 19.8 Å². The molecule has 0 bridgehead atoms. The molecular formula is C39H47FN6O8S. The minimum atomic E-state index is -4.01. The van der Waals surface area contributed by atoms with Crippen molar-refractivity contribution in [3.05, 3.63) is 71.6 Å². The van der Waals surface area contributed by atoms with Crippen molar-refractivity contribution in [1.29, 1.82) is 0 Å². The third-order valence-electron chi connectivity index (χ3n) is 11.5. The van der Waals surface area contributed by atoms with Crippen molar-refractivity contribution < 1.29 is 41.5 Å². The zero-order valence-corrected chi connectivity index (χ0v) is 31.8. The lowest BCUT2D eigenvalue weighted by Crippen LogP contribution is -2.58. The van der Waals surface area contributed by atoms with E-state index in [0.717, 1.165) is 12.8 Å². The monoisotopic (exact) mass is 778 g/mol. The number of benzene rings is 2. The Hall–Kier alpha value is -4.99. The first-order valence-corrected chi connectivity index (χ1v) is 20.4. The van der Waals surface area contributed by atoms with Crippen LogP contribution < -0.4 is 20.7 Å². The molecule has 3 heterocycles. The van der Waals surface area contributed by atoms with Gasteiger partial charge < -0.3 is 25.6 Å². The minimum absolute atomic E-state index is 0.0152. The molecule has 1 saturated heterocycles. The maximum absolute atomic E-state index is 14.6. The van der Waals surface area contributed by atoms with Crippen molar-refractivity contribution in [2.24, 2.45) is 5.92 Å². The van der Waals surface area contributed by atoms with Crippen LogP contribution in [-0.4, -0.2) is 83.0 Å². The fourth-order valence-electron chi connectivity index (χ4n) is 7.73. The largest absolute Gasteiger partial charge is 0.444 e. The smallest absolute Gasteiger partial charge is 0.410 e. The summed E-state index contributed by atoms with van der Waals surface area (Å²) in [5.74, 6) is -3.02. The Bertz CT molecular complexity index is 2020. The van der Waals surface area contributed by atoms with Gasteiger partial charge in [-0.1, -0.05) is 37.1 Å².